The topological polar surface area (TPSA) is 15.4 Å². The highest BCUT2D eigenvalue weighted by Gasteiger charge is 2.42. The molecule has 0 fully saturated rings. The van der Waals surface area contributed by atoms with Crippen LogP contribution in [0.15, 0.2) is 65.7 Å². The molecular formula is C22H23N2+. The summed E-state index contributed by atoms with van der Waals surface area (Å²) in [5, 5.41) is 0. The molecule has 2 aliphatic rings. The monoisotopic (exact) mass is 315 g/mol. The van der Waals surface area contributed by atoms with E-state index in [1.54, 1.807) is 0 Å². The first kappa shape index (κ1) is 15.1. The Balaban J connectivity index is 1.73. The molecule has 0 spiro atoms. The van der Waals surface area contributed by atoms with Gasteiger partial charge in [0, 0.05) is 29.3 Å². The van der Waals surface area contributed by atoms with Gasteiger partial charge in [-0.3, -0.25) is 4.99 Å². The first-order chi connectivity index (χ1) is 11.5. The highest BCUT2D eigenvalue weighted by molar-refractivity contribution is 6.04. The quantitative estimate of drug-likeness (QED) is 0.682. The van der Waals surface area contributed by atoms with Crippen molar-refractivity contribution in [2.75, 3.05) is 7.05 Å². The lowest BCUT2D eigenvalue weighted by molar-refractivity contribution is -0.401. The maximum atomic E-state index is 4.72. The minimum Gasteiger partial charge on any atom is -0.257 e. The number of hydrogen-bond donors (Lipinski definition) is 0. The molecule has 0 saturated heterocycles. The summed E-state index contributed by atoms with van der Waals surface area (Å²) in [6.45, 7) is 6.73. The lowest BCUT2D eigenvalue weighted by Gasteiger charge is -2.15. The van der Waals surface area contributed by atoms with Gasteiger partial charge >= 0.3 is 0 Å². The van der Waals surface area contributed by atoms with E-state index in [0.29, 0.717) is 0 Å². The van der Waals surface area contributed by atoms with Gasteiger partial charge in [0.05, 0.1) is 11.1 Å². The second kappa shape index (κ2) is 5.27. The Morgan fingerprint density at radius 2 is 1.75 bits per heavy atom. The van der Waals surface area contributed by atoms with Crippen LogP contribution in [0.4, 0.5) is 11.4 Å². The van der Waals surface area contributed by atoms with Crippen molar-refractivity contribution in [3.05, 3.63) is 71.8 Å². The van der Waals surface area contributed by atoms with Gasteiger partial charge in [0.1, 0.15) is 7.05 Å². The van der Waals surface area contributed by atoms with Gasteiger partial charge in [-0.2, -0.15) is 4.58 Å². The smallest absolute Gasteiger partial charge is 0.209 e. The summed E-state index contributed by atoms with van der Waals surface area (Å²) in [6.07, 6.45) is 4.61. The summed E-state index contributed by atoms with van der Waals surface area (Å²) in [6, 6.07) is 17.1. The van der Waals surface area contributed by atoms with Crippen LogP contribution in [0.5, 0.6) is 0 Å². The van der Waals surface area contributed by atoms with Crippen molar-refractivity contribution in [1.82, 2.24) is 0 Å². The zero-order valence-electron chi connectivity index (χ0n) is 14.7. The van der Waals surface area contributed by atoms with Gasteiger partial charge in [0.15, 0.2) is 5.71 Å². The maximum absolute atomic E-state index is 4.72. The van der Waals surface area contributed by atoms with E-state index >= 15 is 0 Å². The molecule has 0 bridgehead atoms. The lowest BCUT2D eigenvalue weighted by atomic mass is 9.81. The zero-order chi connectivity index (χ0) is 16.9. The summed E-state index contributed by atoms with van der Waals surface area (Å²) in [5.74, 6) is 0.279. The molecule has 0 N–H and O–H groups in total. The van der Waals surface area contributed by atoms with Crippen molar-refractivity contribution in [3.8, 4) is 0 Å². The molecule has 2 aromatic rings. The third-order valence-corrected chi connectivity index (χ3v) is 5.41. The molecule has 24 heavy (non-hydrogen) atoms. The number of para-hydroxylation sites is 2. The number of hydrogen-bond acceptors (Lipinski definition) is 1. The second-order valence-corrected chi connectivity index (χ2v) is 7.24. The van der Waals surface area contributed by atoms with Crippen molar-refractivity contribution in [3.63, 3.8) is 0 Å². The molecule has 0 aromatic heterocycles. The van der Waals surface area contributed by atoms with Gasteiger partial charge in [-0.15, -0.1) is 0 Å². The molecule has 0 radical (unpaired) electrons. The molecule has 1 unspecified atom stereocenters. The minimum absolute atomic E-state index is 0.0189. The van der Waals surface area contributed by atoms with Crippen LogP contribution in [0, 0.1) is 0 Å². The SMILES string of the molecule is CC1=Nc2ccccc2C1C=CC1=[N+](C)c2ccccc2C1(C)C. The van der Waals surface area contributed by atoms with Gasteiger partial charge in [0.25, 0.3) is 0 Å². The van der Waals surface area contributed by atoms with Crippen LogP contribution in [0.25, 0.3) is 0 Å². The van der Waals surface area contributed by atoms with E-state index in [1.165, 1.54) is 28.2 Å². The molecule has 2 nitrogen and oxygen atoms in total. The van der Waals surface area contributed by atoms with Crippen molar-refractivity contribution >= 4 is 22.8 Å². The van der Waals surface area contributed by atoms with Gasteiger partial charge in [-0.1, -0.05) is 42.5 Å². The lowest BCUT2D eigenvalue weighted by Crippen LogP contribution is -2.26. The third kappa shape index (κ3) is 2.10. The number of rotatable bonds is 2. The fourth-order valence-corrected chi connectivity index (χ4v) is 4.07. The summed E-state index contributed by atoms with van der Waals surface area (Å²) in [5.41, 5.74) is 7.64. The summed E-state index contributed by atoms with van der Waals surface area (Å²) < 4.78 is 2.32. The molecule has 2 heterocycles. The third-order valence-electron chi connectivity index (χ3n) is 5.41. The fourth-order valence-electron chi connectivity index (χ4n) is 4.07. The van der Waals surface area contributed by atoms with Crippen molar-refractivity contribution in [2.45, 2.75) is 32.1 Å². The van der Waals surface area contributed by atoms with Crippen LogP contribution >= 0.6 is 0 Å². The van der Waals surface area contributed by atoms with E-state index in [4.69, 9.17) is 4.99 Å². The van der Waals surface area contributed by atoms with E-state index in [0.717, 1.165) is 5.69 Å². The Morgan fingerprint density at radius 1 is 1.04 bits per heavy atom. The van der Waals surface area contributed by atoms with Crippen LogP contribution in [0.3, 0.4) is 0 Å². The van der Waals surface area contributed by atoms with Crippen molar-refractivity contribution < 1.29 is 4.58 Å². The summed E-state index contributed by atoms with van der Waals surface area (Å²) >= 11 is 0. The molecule has 4 rings (SSSR count). The molecule has 0 amide bonds. The van der Waals surface area contributed by atoms with Gasteiger partial charge in [-0.25, -0.2) is 0 Å². The van der Waals surface area contributed by atoms with Crippen LogP contribution < -0.4 is 0 Å². The van der Waals surface area contributed by atoms with Crippen LogP contribution in [0.1, 0.15) is 37.8 Å². The molecule has 2 aromatic carbocycles. The molecule has 2 heteroatoms. The number of nitrogens with zero attached hydrogens (tertiary/aromatic N) is 2. The van der Waals surface area contributed by atoms with Gasteiger partial charge < -0.3 is 0 Å². The average Bonchev–Trinajstić information content (AvgIpc) is 2.99. The second-order valence-electron chi connectivity index (χ2n) is 7.24. The number of fused-ring (bicyclic) bond motifs is 2. The molecule has 0 aliphatic carbocycles. The Hall–Kier alpha value is -2.48. The normalized spacial score (nSPS) is 21.2. The predicted molar refractivity (Wildman–Crippen MR) is 101 cm³/mol. The van der Waals surface area contributed by atoms with Crippen LogP contribution in [0.2, 0.25) is 0 Å². The molecule has 120 valence electrons. The minimum atomic E-state index is 0.0189. The van der Waals surface area contributed by atoms with Crippen LogP contribution in [-0.2, 0) is 5.41 Å². The van der Waals surface area contributed by atoms with E-state index < -0.39 is 0 Å². The molecule has 2 aliphatic heterocycles. The Bertz CT molecular complexity index is 913. The Labute approximate surface area is 143 Å². The number of aliphatic imine (C=N–C) groups is 1. The van der Waals surface area contributed by atoms with E-state index in [9.17, 15) is 0 Å². The Kier molecular flexibility index (Phi) is 3.31. The zero-order valence-corrected chi connectivity index (χ0v) is 14.7. The summed E-state index contributed by atoms with van der Waals surface area (Å²) in [4.78, 5) is 4.72. The van der Waals surface area contributed by atoms with Gasteiger partial charge in [-0.05, 0) is 32.4 Å². The van der Waals surface area contributed by atoms with E-state index in [-0.39, 0.29) is 11.3 Å². The first-order valence-electron chi connectivity index (χ1n) is 8.53. The Morgan fingerprint density at radius 3 is 2.54 bits per heavy atom. The maximum Gasteiger partial charge on any atom is 0.209 e. The predicted octanol–water partition coefficient (Wildman–Crippen LogP) is 5.14. The standard InChI is InChI=1S/C22H23N2/c1-15-16(17-9-5-7-11-19(17)23-15)13-14-21-22(2,3)18-10-6-8-12-20(18)24(21)4/h5-14,16H,1-4H3/q+1. The van der Waals surface area contributed by atoms with Crippen LogP contribution in [-0.4, -0.2) is 23.0 Å². The van der Waals surface area contributed by atoms with Crippen molar-refractivity contribution in [1.29, 1.82) is 0 Å². The highest BCUT2D eigenvalue weighted by Crippen LogP contribution is 2.40. The van der Waals surface area contributed by atoms with E-state index in [1.807, 2.05) is 0 Å². The number of allylic oxidation sites excluding steroid dienone is 2. The average molecular weight is 315 g/mol. The molecule has 1 atom stereocenters. The molecular weight excluding hydrogens is 292 g/mol. The fraction of sp³-hybridized carbons (Fsp3) is 0.273. The largest absolute Gasteiger partial charge is 0.257 e. The van der Waals surface area contributed by atoms with Gasteiger partial charge in [0.2, 0.25) is 5.69 Å². The summed E-state index contributed by atoms with van der Waals surface area (Å²) in [7, 11) is 2.16. The highest BCUT2D eigenvalue weighted by atomic mass is 15.0. The van der Waals surface area contributed by atoms with E-state index in [2.05, 4.69) is 93.1 Å². The molecule has 0 saturated carbocycles. The van der Waals surface area contributed by atoms with Crippen molar-refractivity contribution in [2.24, 2.45) is 4.99 Å². The first-order valence-corrected chi connectivity index (χ1v) is 8.53. The number of benzene rings is 2.